The Bertz CT molecular complexity index is 361. The zero-order valence-corrected chi connectivity index (χ0v) is 11.1. The van der Waals surface area contributed by atoms with E-state index in [0.717, 1.165) is 0 Å². The van der Waals surface area contributed by atoms with Crippen molar-refractivity contribution in [3.05, 3.63) is 0 Å². The Morgan fingerprint density at radius 3 is 0.760 bits per heavy atom. The average Bonchev–Trinajstić information content (AvgIpc) is 1.80. The van der Waals surface area contributed by atoms with E-state index in [1.54, 1.807) is 0 Å². The van der Waals surface area contributed by atoms with Gasteiger partial charge < -0.3 is 51.8 Å². The standard InChI is InChI=1S/C2H3F3O3S.3BF4.Li.H/c3-2(4,5)1-9(6,7)8;3*2-1(3,4)5;;/h1H2,(H,6,7,8);;;;;/q;3*-1;;. The van der Waals surface area contributed by atoms with Crippen LogP contribution in [0.2, 0.25) is 0 Å². The van der Waals surface area contributed by atoms with Gasteiger partial charge in [0.2, 0.25) is 0 Å². The molecule has 0 aliphatic heterocycles. The first-order valence-corrected chi connectivity index (χ1v) is 5.95. The number of rotatable bonds is 1. The summed E-state index contributed by atoms with van der Waals surface area (Å²) >= 11 is 0. The first kappa shape index (κ1) is 35.7. The molecule has 0 spiro atoms. The molecule has 0 fully saturated rings. The predicted octanol–water partition coefficient (Wildman–Crippen LogP) is 3.69. The van der Waals surface area contributed by atoms with Gasteiger partial charge in [-0.3, -0.25) is 4.55 Å². The zero-order valence-electron chi connectivity index (χ0n) is 10.3. The van der Waals surface area contributed by atoms with Gasteiger partial charge in [0.05, 0.1) is 0 Å². The van der Waals surface area contributed by atoms with Crippen molar-refractivity contribution in [2.45, 2.75) is 6.18 Å². The Morgan fingerprint density at radius 1 is 0.640 bits per heavy atom. The quantitative estimate of drug-likeness (QED) is 0.391. The second kappa shape index (κ2) is 12.9. The predicted molar refractivity (Wildman–Crippen MR) is 60.2 cm³/mol. The van der Waals surface area contributed by atoms with Crippen molar-refractivity contribution < 1.29 is 77.9 Å². The van der Waals surface area contributed by atoms with E-state index in [2.05, 4.69) is 0 Å². The fourth-order valence-corrected chi connectivity index (χ4v) is 0.620. The summed E-state index contributed by atoms with van der Waals surface area (Å²) in [5, 5.41) is 0. The van der Waals surface area contributed by atoms with Crippen LogP contribution >= 0.6 is 0 Å². The van der Waals surface area contributed by atoms with Gasteiger partial charge in [0.1, 0.15) is 0 Å². The number of hydrogen-bond donors (Lipinski definition) is 1. The molecule has 0 bridgehead atoms. The van der Waals surface area contributed by atoms with E-state index < -0.39 is 43.8 Å². The van der Waals surface area contributed by atoms with Crippen LogP contribution in [0.1, 0.15) is 0 Å². The molecule has 0 aromatic heterocycles. The van der Waals surface area contributed by atoms with Crippen molar-refractivity contribution in [3.63, 3.8) is 0 Å². The summed E-state index contributed by atoms with van der Waals surface area (Å²) in [5.74, 6) is -2.18. The first-order valence-electron chi connectivity index (χ1n) is 4.34. The molecule has 0 rings (SSSR count). The molecule has 0 radical (unpaired) electrons. The molecular formula is C2H4B3F15LiO3S-3. The van der Waals surface area contributed by atoms with Crippen molar-refractivity contribution in [2.75, 3.05) is 5.75 Å². The molecule has 0 saturated heterocycles. The van der Waals surface area contributed by atoms with Crippen LogP contribution in [-0.2, 0) is 10.1 Å². The fourth-order valence-electron chi connectivity index (χ4n) is 0.207. The molecule has 0 aliphatic rings. The summed E-state index contributed by atoms with van der Waals surface area (Å²) < 4.78 is 177. The van der Waals surface area contributed by atoms with E-state index in [4.69, 9.17) is 4.55 Å². The number of halogens is 15. The molecule has 0 amide bonds. The topological polar surface area (TPSA) is 54.4 Å². The van der Waals surface area contributed by atoms with Crippen LogP contribution in [0.5, 0.6) is 0 Å². The van der Waals surface area contributed by atoms with Crippen LogP contribution in [0.25, 0.3) is 0 Å². The molecule has 3 nitrogen and oxygen atoms in total. The summed E-state index contributed by atoms with van der Waals surface area (Å²) in [6.07, 6.45) is -4.85. The van der Waals surface area contributed by atoms with Gasteiger partial charge in [0, 0.05) is 0 Å². The van der Waals surface area contributed by atoms with Gasteiger partial charge in [-0.2, -0.15) is 21.6 Å². The molecule has 0 saturated carbocycles. The molecule has 0 aromatic carbocycles. The van der Waals surface area contributed by atoms with Gasteiger partial charge in [0.25, 0.3) is 10.1 Å². The van der Waals surface area contributed by atoms with Crippen LogP contribution in [0.15, 0.2) is 0 Å². The normalized spacial score (nSPS) is 12.2. The van der Waals surface area contributed by atoms with E-state index in [-0.39, 0.29) is 18.9 Å². The van der Waals surface area contributed by atoms with E-state index in [1.165, 1.54) is 0 Å². The molecule has 25 heavy (non-hydrogen) atoms. The molecule has 0 atom stereocenters. The Morgan fingerprint density at radius 2 is 0.760 bits per heavy atom. The molecule has 23 heteroatoms. The van der Waals surface area contributed by atoms with Gasteiger partial charge in [-0.1, -0.05) is 0 Å². The van der Waals surface area contributed by atoms with Crippen molar-refractivity contribution in [2.24, 2.45) is 0 Å². The van der Waals surface area contributed by atoms with Gasteiger partial charge in [-0.25, -0.2) is 0 Å². The summed E-state index contributed by atoms with van der Waals surface area (Å²) in [4.78, 5) is 0. The summed E-state index contributed by atoms with van der Waals surface area (Å²) in [6.45, 7) is 0. The Balaban J connectivity index is -0.0000000733. The second-order valence-electron chi connectivity index (χ2n) is 2.83. The fraction of sp³-hybridized carbons (Fsp3) is 1.00. The Hall–Kier alpha value is -0.348. The minimum absolute atomic E-state index is 0. The van der Waals surface area contributed by atoms with E-state index in [9.17, 15) is 73.4 Å². The Kier molecular flexibility index (Phi) is 18.5. The van der Waals surface area contributed by atoms with E-state index >= 15 is 0 Å². The third-order valence-corrected chi connectivity index (χ3v) is 1.04. The summed E-state index contributed by atoms with van der Waals surface area (Å²) in [7, 11) is -22.9. The third kappa shape index (κ3) is 347. The second-order valence-corrected chi connectivity index (χ2v) is 4.28. The van der Waals surface area contributed by atoms with Crippen molar-refractivity contribution in [3.8, 4) is 0 Å². The maximum atomic E-state index is 11.0. The molecule has 154 valence electrons. The van der Waals surface area contributed by atoms with E-state index in [1.807, 2.05) is 0 Å². The SMILES string of the molecule is F[B-](F)(F)F.F[B-](F)(F)F.F[B-](F)(F)F.O=S(=O)(O)CC(F)(F)F.[LiH]. The molecule has 0 aliphatic carbocycles. The summed E-state index contributed by atoms with van der Waals surface area (Å²) in [5.41, 5.74) is 0. The van der Waals surface area contributed by atoms with Crippen molar-refractivity contribution in [1.82, 2.24) is 0 Å². The molecule has 0 heterocycles. The van der Waals surface area contributed by atoms with Crippen LogP contribution in [0.3, 0.4) is 0 Å². The van der Waals surface area contributed by atoms with Crippen LogP contribution in [-0.4, -0.2) is 65.5 Å². The van der Waals surface area contributed by atoms with Gasteiger partial charge >= 0.3 is 46.8 Å². The first-order chi connectivity index (χ1) is 9.71. The molecular weight excluding hydrogens is 428 g/mol. The van der Waals surface area contributed by atoms with Crippen molar-refractivity contribution in [1.29, 1.82) is 0 Å². The van der Waals surface area contributed by atoms with Gasteiger partial charge in [-0.05, 0) is 0 Å². The molecule has 0 unspecified atom stereocenters. The Labute approximate surface area is 141 Å². The molecule has 1 N–H and O–H groups in total. The third-order valence-electron chi connectivity index (χ3n) is 0.346. The van der Waals surface area contributed by atoms with Crippen LogP contribution < -0.4 is 0 Å². The van der Waals surface area contributed by atoms with Crippen molar-refractivity contribution >= 4 is 50.7 Å². The van der Waals surface area contributed by atoms with Crippen LogP contribution in [0, 0.1) is 0 Å². The number of alkyl halides is 3. The maximum absolute atomic E-state index is 11.0. The average molecular weight is 432 g/mol. The van der Waals surface area contributed by atoms with Crippen LogP contribution in [0.4, 0.5) is 65.0 Å². The van der Waals surface area contributed by atoms with E-state index in [0.29, 0.717) is 0 Å². The molecule has 0 aromatic rings. The monoisotopic (exact) mass is 433 g/mol. The zero-order chi connectivity index (χ0) is 21.2. The summed E-state index contributed by atoms with van der Waals surface area (Å²) in [6, 6.07) is 0. The van der Waals surface area contributed by atoms with Gasteiger partial charge in [-0.15, -0.1) is 0 Å². The minimum atomic E-state index is -6.00. The number of hydrogen-bond acceptors (Lipinski definition) is 2. The van der Waals surface area contributed by atoms with Gasteiger partial charge in [0.15, 0.2) is 5.75 Å².